The van der Waals surface area contributed by atoms with Crippen LogP contribution in [0.25, 0.3) is 21.5 Å². The van der Waals surface area contributed by atoms with Crippen LogP contribution >= 0.6 is 31.9 Å². The molecule has 0 radical (unpaired) electrons. The van der Waals surface area contributed by atoms with Crippen molar-refractivity contribution in [2.75, 3.05) is 24.9 Å². The average molecular weight is 662 g/mol. The summed E-state index contributed by atoms with van der Waals surface area (Å²) in [6.45, 7) is 0. The lowest BCUT2D eigenvalue weighted by Crippen LogP contribution is -2.16. The zero-order chi connectivity index (χ0) is 28.2. The minimum Gasteiger partial charge on any atom is -0.496 e. The third-order valence-electron chi connectivity index (χ3n) is 6.67. The van der Waals surface area contributed by atoms with E-state index >= 15 is 0 Å². The molecule has 2 N–H and O–H groups in total. The van der Waals surface area contributed by atoms with E-state index in [1.165, 1.54) is 0 Å². The van der Waals surface area contributed by atoms with E-state index in [-0.39, 0.29) is 24.7 Å². The van der Waals surface area contributed by atoms with Gasteiger partial charge in [-0.05, 0) is 82.2 Å². The van der Waals surface area contributed by atoms with Crippen molar-refractivity contribution in [3.63, 3.8) is 0 Å². The molecule has 0 fully saturated rings. The molecule has 0 heterocycles. The van der Waals surface area contributed by atoms with E-state index in [4.69, 9.17) is 9.47 Å². The molecular formula is C32H26Br2N2O4. The summed E-state index contributed by atoms with van der Waals surface area (Å²) in [6, 6.07) is 26.6. The summed E-state index contributed by atoms with van der Waals surface area (Å²) in [5, 5.41) is 9.85. The summed E-state index contributed by atoms with van der Waals surface area (Å²) in [7, 11) is 3.20. The van der Waals surface area contributed by atoms with Crippen LogP contribution in [0.4, 0.5) is 11.4 Å². The van der Waals surface area contributed by atoms with Crippen LogP contribution in [0.5, 0.6) is 11.5 Å². The predicted molar refractivity (Wildman–Crippen MR) is 168 cm³/mol. The molecule has 8 heteroatoms. The number of benzene rings is 5. The van der Waals surface area contributed by atoms with Crippen LogP contribution in [0.1, 0.15) is 11.1 Å². The Hall–Kier alpha value is -3.88. The standard InChI is InChI=1S/C32H26Br2N2O4/c1-39-29-13-3-19-15-21(33)5-11-25(19)27(29)17-31(37)35-23-7-9-24(10-8-23)36-32(38)18-28-26-12-6-22(34)16-20(26)4-14-30(28)40-2/h3-16H,17-18H2,1-2H3,(H,35,37)(H,36,38). The predicted octanol–water partition coefficient (Wildman–Crippen LogP) is 7.90. The van der Waals surface area contributed by atoms with E-state index in [2.05, 4.69) is 42.5 Å². The van der Waals surface area contributed by atoms with Crippen LogP contribution in [-0.2, 0) is 22.4 Å². The Labute approximate surface area is 248 Å². The van der Waals surface area contributed by atoms with Crippen LogP contribution in [0.2, 0.25) is 0 Å². The molecule has 0 aliphatic carbocycles. The minimum absolute atomic E-state index is 0.157. The lowest BCUT2D eigenvalue weighted by Gasteiger charge is -2.14. The maximum absolute atomic E-state index is 13.0. The molecule has 0 saturated heterocycles. The van der Waals surface area contributed by atoms with Crippen molar-refractivity contribution < 1.29 is 19.1 Å². The maximum Gasteiger partial charge on any atom is 0.228 e. The summed E-state index contributed by atoms with van der Waals surface area (Å²) < 4.78 is 13.0. The van der Waals surface area contributed by atoms with Crippen LogP contribution < -0.4 is 20.1 Å². The number of hydrogen-bond acceptors (Lipinski definition) is 4. The number of anilines is 2. The van der Waals surface area contributed by atoms with Gasteiger partial charge in [-0.25, -0.2) is 0 Å². The van der Waals surface area contributed by atoms with Crippen molar-refractivity contribution in [1.82, 2.24) is 0 Å². The zero-order valence-corrected chi connectivity index (χ0v) is 25.1. The van der Waals surface area contributed by atoms with Crippen molar-refractivity contribution in [2.45, 2.75) is 12.8 Å². The number of methoxy groups -OCH3 is 2. The third kappa shape index (κ3) is 6.13. The van der Waals surface area contributed by atoms with Crippen molar-refractivity contribution in [3.8, 4) is 11.5 Å². The first-order chi connectivity index (χ1) is 19.3. The Morgan fingerprint density at radius 1 is 0.600 bits per heavy atom. The van der Waals surface area contributed by atoms with E-state index in [1.807, 2.05) is 60.7 Å². The number of nitrogens with one attached hydrogen (secondary N) is 2. The van der Waals surface area contributed by atoms with Gasteiger partial charge in [-0.15, -0.1) is 0 Å². The van der Waals surface area contributed by atoms with Gasteiger partial charge in [-0.1, -0.05) is 56.1 Å². The first-order valence-electron chi connectivity index (χ1n) is 12.5. The summed E-state index contributed by atoms with van der Waals surface area (Å²) in [4.78, 5) is 25.9. The van der Waals surface area contributed by atoms with E-state index in [0.29, 0.717) is 22.9 Å². The van der Waals surface area contributed by atoms with Crippen LogP contribution in [-0.4, -0.2) is 26.0 Å². The molecule has 6 nitrogen and oxygen atoms in total. The van der Waals surface area contributed by atoms with Gasteiger partial charge in [-0.2, -0.15) is 0 Å². The highest BCUT2D eigenvalue weighted by Gasteiger charge is 2.15. The minimum atomic E-state index is -0.166. The first kappa shape index (κ1) is 27.7. The number of halogens is 2. The van der Waals surface area contributed by atoms with E-state index in [0.717, 1.165) is 41.6 Å². The number of ether oxygens (including phenoxy) is 2. The molecule has 0 aliphatic rings. The lowest BCUT2D eigenvalue weighted by atomic mass is 10.0. The number of fused-ring (bicyclic) bond motifs is 2. The fourth-order valence-corrected chi connectivity index (χ4v) is 5.56. The van der Waals surface area contributed by atoms with Gasteiger partial charge in [0.1, 0.15) is 11.5 Å². The van der Waals surface area contributed by atoms with Gasteiger partial charge in [0.2, 0.25) is 11.8 Å². The Bertz CT molecular complexity index is 1610. The fraction of sp³-hybridized carbons (Fsp3) is 0.125. The van der Waals surface area contributed by atoms with E-state index in [9.17, 15) is 9.59 Å². The van der Waals surface area contributed by atoms with Crippen LogP contribution in [0.3, 0.4) is 0 Å². The highest BCUT2D eigenvalue weighted by Crippen LogP contribution is 2.32. The first-order valence-corrected chi connectivity index (χ1v) is 14.1. The number of carbonyl (C=O) groups is 2. The molecule has 0 spiro atoms. The second kappa shape index (κ2) is 12.1. The molecule has 202 valence electrons. The molecule has 5 rings (SSSR count). The highest BCUT2D eigenvalue weighted by molar-refractivity contribution is 9.10. The zero-order valence-electron chi connectivity index (χ0n) is 21.9. The monoisotopic (exact) mass is 660 g/mol. The molecule has 2 amide bonds. The normalized spacial score (nSPS) is 10.9. The molecule has 0 atom stereocenters. The molecule has 5 aromatic rings. The molecule has 0 aromatic heterocycles. The van der Waals surface area contributed by atoms with Gasteiger partial charge in [-0.3, -0.25) is 9.59 Å². The van der Waals surface area contributed by atoms with Gasteiger partial charge >= 0.3 is 0 Å². The molecule has 5 aromatic carbocycles. The van der Waals surface area contributed by atoms with Gasteiger partial charge in [0.05, 0.1) is 27.1 Å². The number of carbonyl (C=O) groups excluding carboxylic acids is 2. The van der Waals surface area contributed by atoms with Gasteiger partial charge < -0.3 is 20.1 Å². The Balaban J connectivity index is 1.26. The molecule has 0 aliphatic heterocycles. The van der Waals surface area contributed by atoms with Crippen molar-refractivity contribution in [1.29, 1.82) is 0 Å². The van der Waals surface area contributed by atoms with Gasteiger partial charge in [0, 0.05) is 31.4 Å². The average Bonchev–Trinajstić information content (AvgIpc) is 2.94. The third-order valence-corrected chi connectivity index (χ3v) is 7.65. The quantitative estimate of drug-likeness (QED) is 0.177. The van der Waals surface area contributed by atoms with Crippen molar-refractivity contribution in [3.05, 3.63) is 105 Å². The second-order valence-electron chi connectivity index (χ2n) is 9.25. The molecule has 40 heavy (non-hydrogen) atoms. The Morgan fingerprint density at radius 3 is 1.38 bits per heavy atom. The summed E-state index contributed by atoms with van der Waals surface area (Å²) in [5.41, 5.74) is 2.91. The van der Waals surface area contributed by atoms with E-state index < -0.39 is 0 Å². The molecule has 0 saturated carbocycles. The topological polar surface area (TPSA) is 76.7 Å². The van der Waals surface area contributed by atoms with E-state index in [1.54, 1.807) is 38.5 Å². The van der Waals surface area contributed by atoms with Gasteiger partial charge in [0.15, 0.2) is 0 Å². The molecule has 0 bridgehead atoms. The number of rotatable bonds is 8. The molecular weight excluding hydrogens is 636 g/mol. The number of amides is 2. The van der Waals surface area contributed by atoms with Crippen LogP contribution in [0.15, 0.2) is 93.9 Å². The van der Waals surface area contributed by atoms with Crippen molar-refractivity contribution >= 4 is 76.6 Å². The summed E-state index contributed by atoms with van der Waals surface area (Å²) in [5.74, 6) is 0.998. The smallest absolute Gasteiger partial charge is 0.228 e. The largest absolute Gasteiger partial charge is 0.496 e. The SMILES string of the molecule is COc1ccc2cc(Br)ccc2c1CC(=O)Nc1ccc(NC(=O)Cc2c(OC)ccc3cc(Br)ccc23)cc1. The second-order valence-corrected chi connectivity index (χ2v) is 11.1. The Morgan fingerprint density at radius 2 is 1.00 bits per heavy atom. The number of hydrogen-bond donors (Lipinski definition) is 2. The molecule has 0 unspecified atom stereocenters. The van der Waals surface area contributed by atoms with Gasteiger partial charge in [0.25, 0.3) is 0 Å². The highest BCUT2D eigenvalue weighted by atomic mass is 79.9. The lowest BCUT2D eigenvalue weighted by molar-refractivity contribution is -0.116. The summed E-state index contributed by atoms with van der Waals surface area (Å²) in [6.07, 6.45) is 0.314. The summed E-state index contributed by atoms with van der Waals surface area (Å²) >= 11 is 7.00. The maximum atomic E-state index is 13.0. The van der Waals surface area contributed by atoms with Crippen molar-refractivity contribution in [2.24, 2.45) is 0 Å². The fourth-order valence-electron chi connectivity index (χ4n) is 4.81. The van der Waals surface area contributed by atoms with Crippen LogP contribution in [0, 0.1) is 0 Å². The Kier molecular flexibility index (Phi) is 8.38.